The highest BCUT2D eigenvalue weighted by Crippen LogP contribution is 2.33. The van der Waals surface area contributed by atoms with E-state index in [0.29, 0.717) is 10.7 Å². The summed E-state index contributed by atoms with van der Waals surface area (Å²) in [6.45, 7) is 7.17. The molecule has 0 radical (unpaired) electrons. The quantitative estimate of drug-likeness (QED) is 0.153. The van der Waals surface area contributed by atoms with Crippen molar-refractivity contribution in [3.63, 3.8) is 0 Å². The van der Waals surface area contributed by atoms with Crippen molar-refractivity contribution >= 4 is 50.1 Å². The number of rotatable bonds is 9. The highest BCUT2D eigenvalue weighted by atomic mass is 127. The molecule has 0 aromatic heterocycles. The molecular formula is C15H22INO2S2. The van der Waals surface area contributed by atoms with Crippen molar-refractivity contribution < 1.29 is 9.53 Å². The lowest BCUT2D eigenvalue weighted by Crippen LogP contribution is -2.22. The predicted octanol–water partition coefficient (Wildman–Crippen LogP) is 4.50. The third-order valence-electron chi connectivity index (χ3n) is 2.57. The molecule has 0 fully saturated rings. The van der Waals surface area contributed by atoms with Gasteiger partial charge in [-0.3, -0.25) is 4.79 Å². The van der Waals surface area contributed by atoms with Gasteiger partial charge < -0.3 is 10.1 Å². The Labute approximate surface area is 148 Å². The van der Waals surface area contributed by atoms with Crippen molar-refractivity contribution in [3.05, 3.63) is 29.8 Å². The maximum Gasteiger partial charge on any atom is 0.308 e. The standard InChI is InChI=1S/C15H22INO2S2/c1-11(2)15(18)19-10-13-6-4-5-7-14(13)21-20-9-8-17-12(3)16/h4-7,11-12,17H,8-10H2,1-3H3. The van der Waals surface area contributed by atoms with Crippen molar-refractivity contribution in [2.24, 2.45) is 5.92 Å². The lowest BCUT2D eigenvalue weighted by atomic mass is 10.2. The van der Waals surface area contributed by atoms with Crippen LogP contribution in [0.5, 0.6) is 0 Å². The minimum atomic E-state index is -0.150. The van der Waals surface area contributed by atoms with Gasteiger partial charge in [-0.15, -0.1) is 0 Å². The maximum absolute atomic E-state index is 11.5. The average Bonchev–Trinajstić information content (AvgIpc) is 2.45. The molecule has 0 aliphatic carbocycles. The first-order valence-electron chi connectivity index (χ1n) is 6.92. The Balaban J connectivity index is 2.42. The van der Waals surface area contributed by atoms with E-state index in [1.807, 2.05) is 42.8 Å². The first kappa shape index (κ1) is 19.1. The Kier molecular flexibility index (Phi) is 9.79. The second kappa shape index (κ2) is 10.7. The minimum absolute atomic E-state index is 0.0828. The molecule has 118 valence electrons. The molecule has 0 heterocycles. The molecule has 1 aromatic rings. The van der Waals surface area contributed by atoms with Crippen molar-refractivity contribution in [1.82, 2.24) is 5.32 Å². The molecule has 0 bridgehead atoms. The highest BCUT2D eigenvalue weighted by Gasteiger charge is 2.10. The Morgan fingerprint density at radius 3 is 2.71 bits per heavy atom. The molecular weight excluding hydrogens is 417 g/mol. The third kappa shape index (κ3) is 8.32. The summed E-state index contributed by atoms with van der Waals surface area (Å²) in [5.74, 6) is 0.807. The smallest absolute Gasteiger partial charge is 0.308 e. The maximum atomic E-state index is 11.5. The van der Waals surface area contributed by atoms with Crippen LogP contribution in [0.25, 0.3) is 0 Å². The van der Waals surface area contributed by atoms with E-state index in [1.54, 1.807) is 10.8 Å². The molecule has 1 N–H and O–H groups in total. The van der Waals surface area contributed by atoms with Crippen LogP contribution in [0.2, 0.25) is 0 Å². The second-order valence-electron chi connectivity index (χ2n) is 4.85. The first-order valence-corrected chi connectivity index (χ1v) is 10.5. The summed E-state index contributed by atoms with van der Waals surface area (Å²) >= 11 is 2.36. The van der Waals surface area contributed by atoms with Gasteiger partial charge in [-0.2, -0.15) is 0 Å². The van der Waals surface area contributed by atoms with Crippen LogP contribution >= 0.6 is 44.2 Å². The van der Waals surface area contributed by atoms with Crippen LogP contribution in [0.3, 0.4) is 0 Å². The number of hydrogen-bond acceptors (Lipinski definition) is 5. The van der Waals surface area contributed by atoms with Crippen LogP contribution in [0.1, 0.15) is 26.3 Å². The van der Waals surface area contributed by atoms with E-state index in [-0.39, 0.29) is 11.9 Å². The molecule has 0 saturated carbocycles. The van der Waals surface area contributed by atoms with Crippen molar-refractivity contribution in [2.45, 2.75) is 36.3 Å². The molecule has 6 heteroatoms. The van der Waals surface area contributed by atoms with Gasteiger partial charge in [0, 0.05) is 22.8 Å². The summed E-state index contributed by atoms with van der Waals surface area (Å²) in [5.41, 5.74) is 1.07. The lowest BCUT2D eigenvalue weighted by Gasteiger charge is -2.11. The van der Waals surface area contributed by atoms with Gasteiger partial charge in [0.05, 0.1) is 9.97 Å². The molecule has 21 heavy (non-hydrogen) atoms. The van der Waals surface area contributed by atoms with Crippen molar-refractivity contribution in [3.8, 4) is 0 Å². The number of ether oxygens (including phenoxy) is 1. The van der Waals surface area contributed by atoms with Crippen molar-refractivity contribution in [1.29, 1.82) is 0 Å². The number of esters is 1. The number of carbonyl (C=O) groups is 1. The summed E-state index contributed by atoms with van der Waals surface area (Å²) < 4.78 is 5.81. The summed E-state index contributed by atoms with van der Waals surface area (Å²) in [5, 5.41) is 3.38. The SMILES string of the molecule is CC(I)NCCSSc1ccccc1COC(=O)C(C)C. The predicted molar refractivity (Wildman–Crippen MR) is 101 cm³/mol. The van der Waals surface area contributed by atoms with E-state index in [1.165, 1.54) is 4.90 Å². The molecule has 3 nitrogen and oxygen atoms in total. The Bertz CT molecular complexity index is 441. The van der Waals surface area contributed by atoms with Crippen LogP contribution in [0, 0.1) is 5.92 Å². The highest BCUT2D eigenvalue weighted by molar-refractivity contribution is 14.1. The van der Waals surface area contributed by atoms with Crippen LogP contribution in [-0.2, 0) is 16.1 Å². The van der Waals surface area contributed by atoms with E-state index >= 15 is 0 Å². The zero-order valence-electron chi connectivity index (χ0n) is 12.6. The Morgan fingerprint density at radius 2 is 2.05 bits per heavy atom. The molecule has 1 atom stereocenters. The van der Waals surface area contributed by atoms with E-state index in [0.717, 1.165) is 17.9 Å². The molecule has 1 rings (SSSR count). The fraction of sp³-hybridized carbons (Fsp3) is 0.533. The van der Waals surface area contributed by atoms with Crippen molar-refractivity contribution in [2.75, 3.05) is 12.3 Å². The largest absolute Gasteiger partial charge is 0.461 e. The molecule has 0 aliphatic rings. The number of hydrogen-bond donors (Lipinski definition) is 1. The Hall–Kier alpha value is 0.0800. The number of benzene rings is 1. The van der Waals surface area contributed by atoms with Crippen LogP contribution in [0.4, 0.5) is 0 Å². The van der Waals surface area contributed by atoms with Crippen LogP contribution in [-0.4, -0.2) is 22.3 Å². The van der Waals surface area contributed by atoms with E-state index in [9.17, 15) is 4.79 Å². The molecule has 0 amide bonds. The van der Waals surface area contributed by atoms with E-state index < -0.39 is 0 Å². The van der Waals surface area contributed by atoms with Gasteiger partial charge in [0.15, 0.2) is 0 Å². The number of halogens is 1. The van der Waals surface area contributed by atoms with Crippen LogP contribution < -0.4 is 5.32 Å². The van der Waals surface area contributed by atoms with Gasteiger partial charge in [0.25, 0.3) is 0 Å². The summed E-state index contributed by atoms with van der Waals surface area (Å²) in [4.78, 5) is 12.7. The number of carbonyl (C=O) groups excluding carboxylic acids is 1. The van der Waals surface area contributed by atoms with Gasteiger partial charge in [0.2, 0.25) is 0 Å². The summed E-state index contributed by atoms with van der Waals surface area (Å²) in [7, 11) is 3.56. The monoisotopic (exact) mass is 439 g/mol. The summed E-state index contributed by atoms with van der Waals surface area (Å²) in [6, 6.07) is 8.08. The van der Waals surface area contributed by atoms with Gasteiger partial charge in [-0.25, -0.2) is 0 Å². The van der Waals surface area contributed by atoms with Gasteiger partial charge in [-0.05, 0) is 13.0 Å². The summed E-state index contributed by atoms with van der Waals surface area (Å²) in [6.07, 6.45) is 0. The lowest BCUT2D eigenvalue weighted by molar-refractivity contribution is -0.148. The molecule has 1 unspecified atom stereocenters. The normalized spacial score (nSPS) is 12.4. The average molecular weight is 439 g/mol. The van der Waals surface area contributed by atoms with E-state index in [4.69, 9.17) is 4.74 Å². The topological polar surface area (TPSA) is 38.3 Å². The van der Waals surface area contributed by atoms with Gasteiger partial charge >= 0.3 is 5.97 Å². The fourth-order valence-corrected chi connectivity index (χ4v) is 3.88. The molecule has 0 saturated heterocycles. The number of alkyl halides is 1. The third-order valence-corrected chi connectivity index (χ3v) is 5.47. The fourth-order valence-electron chi connectivity index (χ4n) is 1.42. The molecule has 0 spiro atoms. The van der Waals surface area contributed by atoms with E-state index in [2.05, 4.69) is 40.9 Å². The first-order chi connectivity index (χ1) is 10.0. The zero-order valence-corrected chi connectivity index (χ0v) is 16.4. The van der Waals surface area contributed by atoms with Gasteiger partial charge in [0.1, 0.15) is 6.61 Å². The molecule has 0 aliphatic heterocycles. The minimum Gasteiger partial charge on any atom is -0.461 e. The second-order valence-corrected chi connectivity index (χ2v) is 9.17. The molecule has 1 aromatic carbocycles. The zero-order chi connectivity index (χ0) is 15.7. The van der Waals surface area contributed by atoms with Gasteiger partial charge in [-0.1, -0.05) is 76.2 Å². The number of nitrogens with one attached hydrogen (secondary N) is 1. The Morgan fingerprint density at radius 1 is 1.33 bits per heavy atom. The van der Waals surface area contributed by atoms with Crippen LogP contribution in [0.15, 0.2) is 29.2 Å².